The molecule has 2 atom stereocenters. The van der Waals surface area contributed by atoms with E-state index < -0.39 is 11.6 Å². The molecule has 1 fully saturated rings. The first-order valence-electron chi connectivity index (χ1n) is 7.20. The van der Waals surface area contributed by atoms with Crippen molar-refractivity contribution in [1.82, 2.24) is 4.90 Å². The van der Waals surface area contributed by atoms with Gasteiger partial charge in [-0.2, -0.15) is 0 Å². The molecule has 1 heterocycles. The largest absolute Gasteiger partial charge is 0.496 e. The number of benzene rings is 1. The molecule has 1 aromatic carbocycles. The standard InChI is InChI=1S/C16H20FNO4/c1-11(12-5-3-4-6-13(12)22-2)9-14(19)18-8-7-16(17,10-18)15(20)21/h3-6,11H,7-10H2,1-2H3,(H,20,21). The van der Waals surface area contributed by atoms with Gasteiger partial charge < -0.3 is 14.7 Å². The van der Waals surface area contributed by atoms with E-state index in [2.05, 4.69) is 0 Å². The van der Waals surface area contributed by atoms with Crippen LogP contribution in [0.1, 0.15) is 31.2 Å². The van der Waals surface area contributed by atoms with Gasteiger partial charge in [0.1, 0.15) is 5.75 Å². The Balaban J connectivity index is 2.02. The van der Waals surface area contributed by atoms with Crippen molar-refractivity contribution in [3.05, 3.63) is 29.8 Å². The van der Waals surface area contributed by atoms with Crippen LogP contribution in [-0.4, -0.2) is 47.8 Å². The number of carboxylic acids is 1. The zero-order chi connectivity index (χ0) is 16.3. The van der Waals surface area contributed by atoms with Gasteiger partial charge in [-0.05, 0) is 17.5 Å². The van der Waals surface area contributed by atoms with Crippen molar-refractivity contribution in [3.8, 4) is 5.75 Å². The molecule has 1 amide bonds. The summed E-state index contributed by atoms with van der Waals surface area (Å²) >= 11 is 0. The van der Waals surface area contributed by atoms with Crippen LogP contribution in [0, 0.1) is 0 Å². The van der Waals surface area contributed by atoms with E-state index in [-0.39, 0.29) is 37.8 Å². The molecule has 1 aliphatic rings. The molecule has 0 spiro atoms. The van der Waals surface area contributed by atoms with Gasteiger partial charge in [-0.1, -0.05) is 25.1 Å². The molecule has 120 valence electrons. The summed E-state index contributed by atoms with van der Waals surface area (Å²) < 4.78 is 19.3. The lowest BCUT2D eigenvalue weighted by Crippen LogP contribution is -2.39. The Morgan fingerprint density at radius 3 is 2.73 bits per heavy atom. The number of para-hydroxylation sites is 1. The fourth-order valence-corrected chi connectivity index (χ4v) is 2.73. The zero-order valence-corrected chi connectivity index (χ0v) is 12.7. The highest BCUT2D eigenvalue weighted by Crippen LogP contribution is 2.31. The van der Waals surface area contributed by atoms with Crippen LogP contribution < -0.4 is 4.74 Å². The number of hydrogen-bond acceptors (Lipinski definition) is 3. The summed E-state index contributed by atoms with van der Waals surface area (Å²) in [5, 5.41) is 8.87. The summed E-state index contributed by atoms with van der Waals surface area (Å²) in [5.41, 5.74) is -1.41. The summed E-state index contributed by atoms with van der Waals surface area (Å²) in [6.07, 6.45) is 0.0349. The quantitative estimate of drug-likeness (QED) is 0.905. The smallest absolute Gasteiger partial charge is 0.343 e. The normalized spacial score (nSPS) is 22.4. The first-order chi connectivity index (χ1) is 10.4. The maximum absolute atomic E-state index is 14.0. The van der Waals surface area contributed by atoms with Crippen LogP contribution in [0.5, 0.6) is 5.75 Å². The van der Waals surface area contributed by atoms with Gasteiger partial charge in [0, 0.05) is 19.4 Å². The second kappa shape index (κ2) is 6.34. The molecule has 0 aliphatic carbocycles. The summed E-state index contributed by atoms with van der Waals surface area (Å²) in [4.78, 5) is 24.4. The number of halogens is 1. The molecule has 6 heteroatoms. The van der Waals surface area contributed by atoms with Crippen LogP contribution in [0.4, 0.5) is 4.39 Å². The lowest BCUT2D eigenvalue weighted by molar-refractivity contribution is -0.150. The fraction of sp³-hybridized carbons (Fsp3) is 0.500. The van der Waals surface area contributed by atoms with Crippen LogP contribution in [-0.2, 0) is 9.59 Å². The molecular weight excluding hydrogens is 289 g/mol. The van der Waals surface area contributed by atoms with Crippen LogP contribution in [0.25, 0.3) is 0 Å². The summed E-state index contributed by atoms with van der Waals surface area (Å²) in [6.45, 7) is 1.66. The van der Waals surface area contributed by atoms with Crippen LogP contribution in [0.3, 0.4) is 0 Å². The number of carboxylic acid groups (broad SMARTS) is 1. The number of methoxy groups -OCH3 is 1. The number of likely N-dealkylation sites (tertiary alicyclic amines) is 1. The van der Waals surface area contributed by atoms with E-state index in [1.807, 2.05) is 31.2 Å². The van der Waals surface area contributed by atoms with E-state index in [0.717, 1.165) is 5.56 Å². The number of alkyl halides is 1. The maximum atomic E-state index is 14.0. The van der Waals surface area contributed by atoms with E-state index in [1.54, 1.807) is 7.11 Å². The number of aliphatic carboxylic acids is 1. The van der Waals surface area contributed by atoms with Gasteiger partial charge in [0.25, 0.3) is 0 Å². The number of carbonyl (C=O) groups excluding carboxylic acids is 1. The minimum Gasteiger partial charge on any atom is -0.496 e. The number of carbonyl (C=O) groups is 2. The Morgan fingerprint density at radius 2 is 2.14 bits per heavy atom. The maximum Gasteiger partial charge on any atom is 0.343 e. The van der Waals surface area contributed by atoms with E-state index in [4.69, 9.17) is 9.84 Å². The molecule has 0 radical (unpaired) electrons. The number of rotatable bonds is 5. The molecule has 2 rings (SSSR count). The first kappa shape index (κ1) is 16.3. The summed E-state index contributed by atoms with van der Waals surface area (Å²) in [5.74, 6) is -1.13. The third-order valence-corrected chi connectivity index (χ3v) is 4.11. The predicted octanol–water partition coefficient (Wildman–Crippen LogP) is 2.21. The highest BCUT2D eigenvalue weighted by Gasteiger charge is 2.46. The minimum atomic E-state index is -2.32. The van der Waals surface area contributed by atoms with Crippen LogP contribution >= 0.6 is 0 Å². The summed E-state index contributed by atoms with van der Waals surface area (Å²) in [7, 11) is 1.57. The van der Waals surface area contributed by atoms with Crippen molar-refractivity contribution in [3.63, 3.8) is 0 Å². The molecule has 0 aromatic heterocycles. The molecule has 1 saturated heterocycles. The molecular formula is C16H20FNO4. The molecule has 1 N–H and O–H groups in total. The third kappa shape index (κ3) is 3.21. The van der Waals surface area contributed by atoms with Crippen LogP contribution in [0.2, 0.25) is 0 Å². The Bertz CT molecular complexity index is 577. The average molecular weight is 309 g/mol. The fourth-order valence-electron chi connectivity index (χ4n) is 2.73. The van der Waals surface area contributed by atoms with Gasteiger partial charge >= 0.3 is 5.97 Å². The molecule has 1 aromatic rings. The van der Waals surface area contributed by atoms with Crippen molar-refractivity contribution in [2.24, 2.45) is 0 Å². The highest BCUT2D eigenvalue weighted by atomic mass is 19.1. The van der Waals surface area contributed by atoms with E-state index in [0.29, 0.717) is 5.75 Å². The zero-order valence-electron chi connectivity index (χ0n) is 12.7. The lowest BCUT2D eigenvalue weighted by Gasteiger charge is -2.21. The minimum absolute atomic E-state index is 0.0944. The van der Waals surface area contributed by atoms with Crippen molar-refractivity contribution in [1.29, 1.82) is 0 Å². The monoisotopic (exact) mass is 309 g/mol. The number of ether oxygens (including phenoxy) is 1. The molecule has 0 saturated carbocycles. The molecule has 5 nitrogen and oxygen atoms in total. The van der Waals surface area contributed by atoms with Crippen LogP contribution in [0.15, 0.2) is 24.3 Å². The van der Waals surface area contributed by atoms with Crippen molar-refractivity contribution in [2.75, 3.05) is 20.2 Å². The van der Waals surface area contributed by atoms with Gasteiger partial charge in [0.05, 0.1) is 13.7 Å². The number of nitrogens with zero attached hydrogens (tertiary/aromatic N) is 1. The number of hydrogen-bond donors (Lipinski definition) is 1. The van der Waals surface area contributed by atoms with Crippen molar-refractivity contribution >= 4 is 11.9 Å². The van der Waals surface area contributed by atoms with E-state index in [1.165, 1.54) is 4.90 Å². The second-order valence-electron chi connectivity index (χ2n) is 5.68. The first-order valence-corrected chi connectivity index (χ1v) is 7.20. The Morgan fingerprint density at radius 1 is 1.45 bits per heavy atom. The SMILES string of the molecule is COc1ccccc1C(C)CC(=O)N1CCC(F)(C(=O)O)C1. The van der Waals surface area contributed by atoms with Gasteiger partial charge in [-0.15, -0.1) is 0 Å². The van der Waals surface area contributed by atoms with Gasteiger partial charge in [0.2, 0.25) is 11.6 Å². The number of amides is 1. The molecule has 0 bridgehead atoms. The highest BCUT2D eigenvalue weighted by molar-refractivity contribution is 5.82. The lowest BCUT2D eigenvalue weighted by atomic mass is 9.96. The second-order valence-corrected chi connectivity index (χ2v) is 5.68. The van der Waals surface area contributed by atoms with Gasteiger partial charge in [-0.3, -0.25) is 4.79 Å². The molecule has 22 heavy (non-hydrogen) atoms. The molecule has 1 aliphatic heterocycles. The predicted molar refractivity (Wildman–Crippen MR) is 78.7 cm³/mol. The summed E-state index contributed by atoms with van der Waals surface area (Å²) in [6, 6.07) is 7.42. The van der Waals surface area contributed by atoms with Gasteiger partial charge in [0.15, 0.2) is 0 Å². The molecule has 2 unspecified atom stereocenters. The van der Waals surface area contributed by atoms with Crippen molar-refractivity contribution < 1.29 is 23.8 Å². The topological polar surface area (TPSA) is 66.8 Å². The average Bonchev–Trinajstić information content (AvgIpc) is 2.91. The van der Waals surface area contributed by atoms with Gasteiger partial charge in [-0.25, -0.2) is 9.18 Å². The van der Waals surface area contributed by atoms with E-state index >= 15 is 0 Å². The Labute approximate surface area is 128 Å². The van der Waals surface area contributed by atoms with E-state index in [9.17, 15) is 14.0 Å². The Hall–Kier alpha value is -2.11. The Kier molecular flexibility index (Phi) is 4.68. The van der Waals surface area contributed by atoms with Crippen molar-refractivity contribution in [2.45, 2.75) is 31.4 Å². The third-order valence-electron chi connectivity index (χ3n) is 4.11.